The number of aliphatic hydroxyl groups excluding tert-OH is 1. The molecule has 3 aliphatic rings. The van der Waals surface area contributed by atoms with E-state index in [2.05, 4.69) is 22.5 Å². The summed E-state index contributed by atoms with van der Waals surface area (Å²) >= 11 is 3.54. The van der Waals surface area contributed by atoms with E-state index in [4.69, 9.17) is 4.74 Å². The van der Waals surface area contributed by atoms with E-state index in [1.165, 1.54) is 4.90 Å². The van der Waals surface area contributed by atoms with E-state index in [-0.39, 0.29) is 23.3 Å². The normalized spacial score (nSPS) is 33.3. The van der Waals surface area contributed by atoms with Crippen molar-refractivity contribution >= 4 is 33.7 Å². The Morgan fingerprint density at radius 2 is 2.03 bits per heavy atom. The van der Waals surface area contributed by atoms with Gasteiger partial charge in [-0.05, 0) is 25.8 Å². The summed E-state index contributed by atoms with van der Waals surface area (Å²) in [6.07, 6.45) is 1.25. The molecule has 0 radical (unpaired) electrons. The first-order valence-corrected chi connectivity index (χ1v) is 12.0. The van der Waals surface area contributed by atoms with Gasteiger partial charge in [0.1, 0.15) is 11.6 Å². The smallest absolute Gasteiger partial charge is 0.310 e. The average Bonchev–Trinajstić information content (AvgIpc) is 3.37. The van der Waals surface area contributed by atoms with Gasteiger partial charge in [-0.25, -0.2) is 0 Å². The maximum Gasteiger partial charge on any atom is 0.310 e. The SMILES string of the molecule is C=CCN(C(=O)C1N([C@H](CO)c2ccccc2)C(=O)[C@@H]2[C@H](C(=O)O)[C@H]3OC12CC3Br)C(C)C. The molecule has 8 nitrogen and oxygen atoms in total. The molecule has 3 heterocycles. The minimum atomic E-state index is -1.29. The number of likely N-dealkylation sites (tertiary alicyclic amines) is 1. The minimum absolute atomic E-state index is 0.180. The third kappa shape index (κ3) is 3.52. The Balaban J connectivity index is 1.88. The van der Waals surface area contributed by atoms with Crippen molar-refractivity contribution in [1.29, 1.82) is 0 Å². The molecule has 0 aliphatic carbocycles. The third-order valence-corrected chi connectivity index (χ3v) is 8.02. The molecule has 3 fully saturated rings. The summed E-state index contributed by atoms with van der Waals surface area (Å²) in [5.41, 5.74) is -0.619. The lowest BCUT2D eigenvalue weighted by Crippen LogP contribution is -2.58. The average molecular weight is 521 g/mol. The van der Waals surface area contributed by atoms with Crippen LogP contribution in [0.4, 0.5) is 0 Å². The van der Waals surface area contributed by atoms with E-state index in [9.17, 15) is 24.6 Å². The predicted octanol–water partition coefficient (Wildman–Crippen LogP) is 1.98. The number of fused-ring (bicyclic) bond motifs is 1. The zero-order valence-corrected chi connectivity index (χ0v) is 20.2. The summed E-state index contributed by atoms with van der Waals surface area (Å²) in [5, 5.41) is 20.4. The number of rotatable bonds is 8. The van der Waals surface area contributed by atoms with Gasteiger partial charge < -0.3 is 24.7 Å². The predicted molar refractivity (Wildman–Crippen MR) is 124 cm³/mol. The van der Waals surface area contributed by atoms with Crippen molar-refractivity contribution in [1.82, 2.24) is 9.80 Å². The Kier molecular flexibility index (Phi) is 6.41. The highest BCUT2D eigenvalue weighted by Gasteiger charge is 2.77. The number of amides is 2. The zero-order valence-electron chi connectivity index (χ0n) is 18.6. The molecule has 33 heavy (non-hydrogen) atoms. The van der Waals surface area contributed by atoms with E-state index >= 15 is 0 Å². The topological polar surface area (TPSA) is 107 Å². The Labute approximate surface area is 201 Å². The number of carboxylic acid groups (broad SMARTS) is 1. The number of aliphatic carboxylic acids is 1. The number of benzene rings is 1. The molecule has 0 saturated carbocycles. The van der Waals surface area contributed by atoms with Crippen LogP contribution in [-0.4, -0.2) is 79.6 Å². The number of alkyl halides is 1. The van der Waals surface area contributed by atoms with Gasteiger partial charge in [-0.1, -0.05) is 52.3 Å². The van der Waals surface area contributed by atoms with Crippen molar-refractivity contribution in [2.45, 2.75) is 54.9 Å². The highest BCUT2D eigenvalue weighted by atomic mass is 79.9. The second kappa shape index (κ2) is 8.85. The van der Waals surface area contributed by atoms with Crippen LogP contribution in [0.1, 0.15) is 31.9 Å². The molecule has 9 heteroatoms. The van der Waals surface area contributed by atoms with Crippen LogP contribution in [0.3, 0.4) is 0 Å². The van der Waals surface area contributed by atoms with Crippen molar-refractivity contribution in [3.05, 3.63) is 48.6 Å². The van der Waals surface area contributed by atoms with E-state index in [0.29, 0.717) is 12.0 Å². The first kappa shape index (κ1) is 23.9. The Hall–Kier alpha value is -2.23. The lowest BCUT2D eigenvalue weighted by Gasteiger charge is -2.40. The molecule has 7 atom stereocenters. The number of hydrogen-bond acceptors (Lipinski definition) is 5. The highest BCUT2D eigenvalue weighted by Crippen LogP contribution is 2.61. The van der Waals surface area contributed by atoms with Gasteiger partial charge in [0.2, 0.25) is 11.8 Å². The highest BCUT2D eigenvalue weighted by molar-refractivity contribution is 9.09. The van der Waals surface area contributed by atoms with Crippen molar-refractivity contribution in [2.75, 3.05) is 13.2 Å². The molecule has 3 saturated heterocycles. The fraction of sp³-hybridized carbons (Fsp3) is 0.542. The fourth-order valence-electron chi connectivity index (χ4n) is 5.85. The van der Waals surface area contributed by atoms with Crippen LogP contribution in [0, 0.1) is 11.8 Å². The zero-order chi connectivity index (χ0) is 24.1. The van der Waals surface area contributed by atoms with Gasteiger partial charge >= 0.3 is 5.97 Å². The number of carboxylic acids is 1. The largest absolute Gasteiger partial charge is 0.481 e. The number of carbonyl (C=O) groups is 3. The number of hydrogen-bond donors (Lipinski definition) is 2. The lowest BCUT2D eigenvalue weighted by atomic mass is 9.70. The Bertz CT molecular complexity index is 956. The molecule has 0 aromatic heterocycles. The number of carbonyl (C=O) groups excluding carboxylic acids is 2. The van der Waals surface area contributed by atoms with E-state index < -0.39 is 54.1 Å². The molecule has 2 amide bonds. The van der Waals surface area contributed by atoms with Crippen molar-refractivity contribution < 1.29 is 29.3 Å². The second-order valence-electron chi connectivity index (χ2n) is 9.23. The standard InChI is InChI=1S/C24H29BrN2O6/c1-4-10-26(13(2)3)22(30)20-24-11-15(25)19(33-24)17(23(31)32)18(24)21(29)27(20)16(12-28)14-8-6-5-7-9-14/h4-9,13,15-20,28H,1,10-12H2,2-3H3,(H,31,32)/t15?,16-,17+,18+,19+,20?,24?/m1/s1. The number of ether oxygens (including phenoxy) is 1. The van der Waals surface area contributed by atoms with Gasteiger partial charge in [0.25, 0.3) is 0 Å². The number of nitrogens with zero attached hydrogens (tertiary/aromatic N) is 2. The van der Waals surface area contributed by atoms with Crippen LogP contribution in [0.5, 0.6) is 0 Å². The van der Waals surface area contributed by atoms with Gasteiger partial charge in [-0.2, -0.15) is 0 Å². The summed E-state index contributed by atoms with van der Waals surface area (Å²) in [4.78, 5) is 42.9. The van der Waals surface area contributed by atoms with Gasteiger partial charge in [0.15, 0.2) is 0 Å². The third-order valence-electron chi connectivity index (χ3n) is 7.17. The van der Waals surface area contributed by atoms with Crippen LogP contribution in [0.2, 0.25) is 0 Å². The van der Waals surface area contributed by atoms with Gasteiger partial charge in [0, 0.05) is 17.4 Å². The maximum absolute atomic E-state index is 14.1. The molecule has 4 rings (SSSR count). The Morgan fingerprint density at radius 1 is 1.36 bits per heavy atom. The van der Waals surface area contributed by atoms with Crippen molar-refractivity contribution in [2.24, 2.45) is 11.8 Å². The van der Waals surface area contributed by atoms with Crippen LogP contribution >= 0.6 is 15.9 Å². The molecule has 1 aromatic carbocycles. The molecule has 2 bridgehead atoms. The van der Waals surface area contributed by atoms with Crippen LogP contribution in [0.25, 0.3) is 0 Å². The summed E-state index contributed by atoms with van der Waals surface area (Å²) in [5.74, 6) is -3.99. The Morgan fingerprint density at radius 3 is 2.58 bits per heavy atom. The number of halogens is 1. The van der Waals surface area contributed by atoms with Crippen LogP contribution < -0.4 is 0 Å². The molecule has 1 spiro atoms. The lowest BCUT2D eigenvalue weighted by molar-refractivity contribution is -0.154. The first-order valence-electron chi connectivity index (χ1n) is 11.1. The molecular formula is C24H29BrN2O6. The summed E-state index contributed by atoms with van der Waals surface area (Å²) in [6, 6.07) is 6.93. The van der Waals surface area contributed by atoms with E-state index in [0.717, 1.165) is 0 Å². The minimum Gasteiger partial charge on any atom is -0.481 e. The van der Waals surface area contributed by atoms with E-state index in [1.54, 1.807) is 35.2 Å². The molecule has 178 valence electrons. The summed E-state index contributed by atoms with van der Waals surface area (Å²) in [7, 11) is 0. The van der Waals surface area contributed by atoms with Crippen molar-refractivity contribution in [3.63, 3.8) is 0 Å². The molecule has 3 unspecified atom stereocenters. The maximum atomic E-state index is 14.1. The fourth-order valence-corrected chi connectivity index (χ4v) is 6.79. The second-order valence-corrected chi connectivity index (χ2v) is 10.4. The van der Waals surface area contributed by atoms with Gasteiger partial charge in [-0.3, -0.25) is 14.4 Å². The van der Waals surface area contributed by atoms with Crippen molar-refractivity contribution in [3.8, 4) is 0 Å². The molecule has 1 aromatic rings. The summed E-state index contributed by atoms with van der Waals surface area (Å²) in [6.45, 7) is 7.36. The molecule has 2 N–H and O–H groups in total. The van der Waals surface area contributed by atoms with Crippen LogP contribution in [0.15, 0.2) is 43.0 Å². The van der Waals surface area contributed by atoms with E-state index in [1.807, 2.05) is 19.9 Å². The summed E-state index contributed by atoms with van der Waals surface area (Å²) < 4.78 is 6.30. The van der Waals surface area contributed by atoms with Gasteiger partial charge in [-0.15, -0.1) is 6.58 Å². The molecular weight excluding hydrogens is 492 g/mol. The quantitative estimate of drug-likeness (QED) is 0.400. The first-order chi connectivity index (χ1) is 15.7. The number of aliphatic hydroxyl groups is 1. The monoisotopic (exact) mass is 520 g/mol. The van der Waals surface area contributed by atoms with Gasteiger partial charge in [0.05, 0.1) is 30.6 Å². The molecule has 3 aliphatic heterocycles. The van der Waals surface area contributed by atoms with Crippen LogP contribution in [-0.2, 0) is 19.1 Å².